The fraction of sp³-hybridized carbons (Fsp3) is 0.318. The smallest absolute Gasteiger partial charge is 0.255 e. The second kappa shape index (κ2) is 7.54. The minimum absolute atomic E-state index is 0.296. The molecule has 0 saturated heterocycles. The number of amides is 1. The molecule has 0 radical (unpaired) electrons. The largest absolute Gasteiger partial charge is 0.322 e. The zero-order valence-electron chi connectivity index (χ0n) is 16.1. The standard InChI is InChI=1S/C22H23FN4O/c1-14-7-10-17(12-18(14)23)22(28)24-19-13-16(9-8-15(19)2)21-26-25-20-6-4-3-5-11-27(20)21/h7-10,12-13H,3-6,11H2,1-2H3,(H,24,28). The van der Waals surface area contributed by atoms with E-state index in [-0.39, 0.29) is 11.7 Å². The van der Waals surface area contributed by atoms with Crippen LogP contribution in [0.4, 0.5) is 10.1 Å². The van der Waals surface area contributed by atoms with Crippen LogP contribution in [0.2, 0.25) is 0 Å². The molecular formula is C22H23FN4O. The molecule has 1 aliphatic rings. The minimum Gasteiger partial charge on any atom is -0.322 e. The molecule has 0 saturated carbocycles. The van der Waals surface area contributed by atoms with Crippen molar-refractivity contribution in [3.8, 4) is 11.4 Å². The van der Waals surface area contributed by atoms with Crippen molar-refractivity contribution < 1.29 is 9.18 Å². The van der Waals surface area contributed by atoms with Crippen molar-refractivity contribution in [1.29, 1.82) is 0 Å². The number of aromatic nitrogens is 3. The molecule has 2 aromatic carbocycles. The quantitative estimate of drug-likeness (QED) is 0.720. The van der Waals surface area contributed by atoms with Crippen molar-refractivity contribution in [2.45, 2.75) is 46.1 Å². The summed E-state index contributed by atoms with van der Waals surface area (Å²) in [7, 11) is 0. The van der Waals surface area contributed by atoms with Crippen LogP contribution in [0.15, 0.2) is 36.4 Å². The SMILES string of the molecule is Cc1ccc(C(=O)Nc2cc(-c3nnc4n3CCCCC4)ccc2C)cc1F. The Kier molecular flexibility index (Phi) is 4.94. The van der Waals surface area contributed by atoms with Gasteiger partial charge in [0.25, 0.3) is 5.91 Å². The number of anilines is 1. The van der Waals surface area contributed by atoms with Gasteiger partial charge in [-0.15, -0.1) is 10.2 Å². The zero-order valence-corrected chi connectivity index (χ0v) is 16.1. The van der Waals surface area contributed by atoms with E-state index in [0.717, 1.165) is 48.6 Å². The van der Waals surface area contributed by atoms with Gasteiger partial charge in [-0.05, 0) is 56.0 Å². The number of rotatable bonds is 3. The lowest BCUT2D eigenvalue weighted by atomic mass is 10.1. The summed E-state index contributed by atoms with van der Waals surface area (Å²) in [6, 6.07) is 10.4. The third kappa shape index (κ3) is 3.54. The number of nitrogens with zero attached hydrogens (tertiary/aromatic N) is 3. The number of hydrogen-bond acceptors (Lipinski definition) is 3. The first kappa shape index (κ1) is 18.3. The summed E-state index contributed by atoms with van der Waals surface area (Å²) in [6.45, 7) is 4.52. The number of nitrogens with one attached hydrogen (secondary N) is 1. The van der Waals surface area contributed by atoms with E-state index in [1.54, 1.807) is 19.1 Å². The number of carbonyl (C=O) groups excluding carboxylic acids is 1. The van der Waals surface area contributed by atoms with E-state index in [1.165, 1.54) is 12.5 Å². The van der Waals surface area contributed by atoms with Crippen LogP contribution >= 0.6 is 0 Å². The van der Waals surface area contributed by atoms with E-state index in [4.69, 9.17) is 0 Å². The Bertz CT molecular complexity index is 1040. The van der Waals surface area contributed by atoms with Crippen LogP contribution < -0.4 is 5.32 Å². The maximum atomic E-state index is 13.8. The van der Waals surface area contributed by atoms with Gasteiger partial charge < -0.3 is 9.88 Å². The second-order valence-corrected chi connectivity index (χ2v) is 7.35. The number of aryl methyl sites for hydroxylation is 3. The van der Waals surface area contributed by atoms with Crippen LogP contribution in [0, 0.1) is 19.7 Å². The summed E-state index contributed by atoms with van der Waals surface area (Å²) in [6.07, 6.45) is 4.40. The average Bonchev–Trinajstić information content (AvgIpc) is 2.94. The molecule has 1 aliphatic heterocycles. The molecule has 1 N–H and O–H groups in total. The minimum atomic E-state index is -0.385. The number of fused-ring (bicyclic) bond motifs is 1. The highest BCUT2D eigenvalue weighted by atomic mass is 19.1. The fourth-order valence-corrected chi connectivity index (χ4v) is 3.52. The summed E-state index contributed by atoms with van der Waals surface area (Å²) in [5.74, 6) is 1.13. The highest BCUT2D eigenvalue weighted by Crippen LogP contribution is 2.27. The maximum absolute atomic E-state index is 13.8. The summed E-state index contributed by atoms with van der Waals surface area (Å²) in [5, 5.41) is 11.7. The average molecular weight is 378 g/mol. The van der Waals surface area contributed by atoms with Gasteiger partial charge in [0.05, 0.1) is 0 Å². The highest BCUT2D eigenvalue weighted by molar-refractivity contribution is 6.05. The molecule has 0 unspecified atom stereocenters. The Labute approximate surface area is 163 Å². The molecule has 4 rings (SSSR count). The monoisotopic (exact) mass is 378 g/mol. The molecule has 2 heterocycles. The molecule has 0 aliphatic carbocycles. The normalized spacial score (nSPS) is 13.7. The molecule has 28 heavy (non-hydrogen) atoms. The molecule has 1 aromatic heterocycles. The Morgan fingerprint density at radius 3 is 2.68 bits per heavy atom. The van der Waals surface area contributed by atoms with E-state index in [1.807, 2.05) is 25.1 Å². The summed E-state index contributed by atoms with van der Waals surface area (Å²) in [4.78, 5) is 12.6. The second-order valence-electron chi connectivity index (χ2n) is 7.35. The van der Waals surface area contributed by atoms with Crippen LogP contribution in [-0.4, -0.2) is 20.7 Å². The molecule has 144 valence electrons. The van der Waals surface area contributed by atoms with Crippen molar-refractivity contribution in [2.24, 2.45) is 0 Å². The first-order valence-corrected chi connectivity index (χ1v) is 9.63. The van der Waals surface area contributed by atoms with Crippen molar-refractivity contribution in [2.75, 3.05) is 5.32 Å². The van der Waals surface area contributed by atoms with Gasteiger partial charge >= 0.3 is 0 Å². The van der Waals surface area contributed by atoms with E-state index in [2.05, 4.69) is 20.1 Å². The molecule has 0 bridgehead atoms. The molecule has 0 atom stereocenters. The first-order valence-electron chi connectivity index (χ1n) is 9.63. The third-order valence-corrected chi connectivity index (χ3v) is 5.29. The lowest BCUT2D eigenvalue weighted by molar-refractivity contribution is 0.102. The van der Waals surface area contributed by atoms with Gasteiger partial charge in [0, 0.05) is 29.8 Å². The van der Waals surface area contributed by atoms with Crippen molar-refractivity contribution >= 4 is 11.6 Å². The molecule has 1 amide bonds. The van der Waals surface area contributed by atoms with E-state index < -0.39 is 0 Å². The van der Waals surface area contributed by atoms with Crippen LogP contribution in [0.5, 0.6) is 0 Å². The topological polar surface area (TPSA) is 59.8 Å². The first-order chi connectivity index (χ1) is 13.5. The van der Waals surface area contributed by atoms with Crippen molar-refractivity contribution in [1.82, 2.24) is 14.8 Å². The van der Waals surface area contributed by atoms with Crippen molar-refractivity contribution in [3.63, 3.8) is 0 Å². The predicted molar refractivity (Wildman–Crippen MR) is 107 cm³/mol. The Balaban J connectivity index is 1.64. The van der Waals surface area contributed by atoms with Gasteiger partial charge in [0.1, 0.15) is 11.6 Å². The van der Waals surface area contributed by atoms with Gasteiger partial charge in [0.15, 0.2) is 5.82 Å². The van der Waals surface area contributed by atoms with E-state index in [0.29, 0.717) is 16.8 Å². The maximum Gasteiger partial charge on any atom is 0.255 e. The Hall–Kier alpha value is -3.02. The van der Waals surface area contributed by atoms with Gasteiger partial charge in [-0.3, -0.25) is 4.79 Å². The van der Waals surface area contributed by atoms with Crippen LogP contribution in [0.25, 0.3) is 11.4 Å². The molecule has 5 nitrogen and oxygen atoms in total. The summed E-state index contributed by atoms with van der Waals surface area (Å²) < 4.78 is 16.0. The number of halogens is 1. The molecule has 6 heteroatoms. The highest BCUT2D eigenvalue weighted by Gasteiger charge is 2.17. The predicted octanol–water partition coefficient (Wildman–Crippen LogP) is 4.68. The van der Waals surface area contributed by atoms with Crippen LogP contribution in [0.3, 0.4) is 0 Å². The molecule has 0 spiro atoms. The van der Waals surface area contributed by atoms with E-state index in [9.17, 15) is 9.18 Å². The lowest BCUT2D eigenvalue weighted by Gasteiger charge is -2.12. The van der Waals surface area contributed by atoms with Gasteiger partial charge in [-0.25, -0.2) is 4.39 Å². The van der Waals surface area contributed by atoms with Gasteiger partial charge in [-0.2, -0.15) is 0 Å². The number of hydrogen-bond donors (Lipinski definition) is 1. The fourth-order valence-electron chi connectivity index (χ4n) is 3.52. The summed E-state index contributed by atoms with van der Waals surface area (Å²) >= 11 is 0. The molecular weight excluding hydrogens is 355 g/mol. The van der Waals surface area contributed by atoms with Gasteiger partial charge in [0.2, 0.25) is 0 Å². The number of carbonyl (C=O) groups is 1. The Morgan fingerprint density at radius 2 is 1.86 bits per heavy atom. The lowest BCUT2D eigenvalue weighted by Crippen LogP contribution is -2.13. The molecule has 3 aromatic rings. The summed E-state index contributed by atoms with van der Waals surface area (Å²) in [5.41, 5.74) is 3.35. The van der Waals surface area contributed by atoms with Crippen LogP contribution in [-0.2, 0) is 13.0 Å². The van der Waals surface area contributed by atoms with E-state index >= 15 is 0 Å². The van der Waals surface area contributed by atoms with Crippen LogP contribution in [0.1, 0.15) is 46.6 Å². The number of benzene rings is 2. The Morgan fingerprint density at radius 1 is 1.04 bits per heavy atom. The molecule has 0 fully saturated rings. The van der Waals surface area contributed by atoms with Crippen molar-refractivity contribution in [3.05, 3.63) is 64.7 Å². The third-order valence-electron chi connectivity index (χ3n) is 5.29. The van der Waals surface area contributed by atoms with Gasteiger partial charge in [-0.1, -0.05) is 24.6 Å². The zero-order chi connectivity index (χ0) is 19.7.